The van der Waals surface area contributed by atoms with Gasteiger partial charge >= 0.3 is 0 Å². The van der Waals surface area contributed by atoms with Gasteiger partial charge in [0.1, 0.15) is 4.60 Å². The molecule has 0 N–H and O–H groups in total. The standard InChI is InChI=1S/C6H10BrN3/c1-6(2,3)10-4-5(7)8-9-10/h4H,1-3H3/i1D3,2D3,3D3. The zero-order chi connectivity index (χ0) is 15.3. The SMILES string of the molecule is [2H]C([2H])([2H])C(n1cc(Br)nn1)(C([2H])([2H])[2H])C([2H])([2H])[2H]. The maximum absolute atomic E-state index is 7.40. The molecule has 0 spiro atoms. The number of hydrogen-bond donors (Lipinski definition) is 0. The third-order valence-electron chi connectivity index (χ3n) is 0.809. The van der Waals surface area contributed by atoms with Crippen molar-refractivity contribution in [2.75, 3.05) is 0 Å². The van der Waals surface area contributed by atoms with Gasteiger partial charge in [0.25, 0.3) is 0 Å². The molecule has 0 aliphatic rings. The summed E-state index contributed by atoms with van der Waals surface area (Å²) in [6, 6.07) is 0. The fourth-order valence-electron chi connectivity index (χ4n) is 0.407. The van der Waals surface area contributed by atoms with E-state index in [-0.39, 0.29) is 4.60 Å². The first-order valence-electron chi connectivity index (χ1n) is 6.83. The van der Waals surface area contributed by atoms with Crippen molar-refractivity contribution in [3.63, 3.8) is 0 Å². The number of rotatable bonds is 0. The van der Waals surface area contributed by atoms with Crippen molar-refractivity contribution in [3.8, 4) is 0 Å². The summed E-state index contributed by atoms with van der Waals surface area (Å²) in [6.45, 7) is -10.0. The highest BCUT2D eigenvalue weighted by Crippen LogP contribution is 2.13. The van der Waals surface area contributed by atoms with Crippen LogP contribution in [-0.2, 0) is 5.54 Å². The van der Waals surface area contributed by atoms with Crippen LogP contribution in [0, 0.1) is 0 Å². The zero-order valence-corrected chi connectivity index (χ0v) is 6.38. The minimum atomic E-state index is -3.34. The van der Waals surface area contributed by atoms with Gasteiger partial charge in [-0.05, 0) is 36.5 Å². The monoisotopic (exact) mass is 212 g/mol. The minimum Gasteiger partial charge on any atom is -0.246 e. The molecule has 0 saturated heterocycles. The van der Waals surface area contributed by atoms with Crippen LogP contribution in [-0.4, -0.2) is 15.0 Å². The summed E-state index contributed by atoms with van der Waals surface area (Å²) in [4.78, 5) is 0. The van der Waals surface area contributed by atoms with Gasteiger partial charge < -0.3 is 0 Å². The Hall–Kier alpha value is -0.380. The molecule has 0 amide bonds. The Morgan fingerprint density at radius 1 is 1.70 bits per heavy atom. The summed E-state index contributed by atoms with van der Waals surface area (Å²) in [5, 5.41) is 6.73. The molecule has 0 atom stereocenters. The molecular weight excluding hydrogens is 194 g/mol. The second kappa shape index (κ2) is 2.34. The number of aromatic nitrogens is 3. The molecule has 0 bridgehead atoms. The van der Waals surface area contributed by atoms with Gasteiger partial charge in [0.05, 0.1) is 11.7 Å². The highest BCUT2D eigenvalue weighted by molar-refractivity contribution is 9.10. The van der Waals surface area contributed by atoms with Crippen molar-refractivity contribution in [1.82, 2.24) is 15.0 Å². The molecule has 0 saturated carbocycles. The van der Waals surface area contributed by atoms with Crippen molar-refractivity contribution in [1.29, 1.82) is 0 Å². The molecule has 4 heteroatoms. The van der Waals surface area contributed by atoms with E-state index >= 15 is 0 Å². The van der Waals surface area contributed by atoms with E-state index in [1.54, 1.807) is 0 Å². The maximum Gasteiger partial charge on any atom is 0.148 e. The van der Waals surface area contributed by atoms with Crippen molar-refractivity contribution in [2.24, 2.45) is 0 Å². The lowest BCUT2D eigenvalue weighted by Gasteiger charge is -2.17. The van der Waals surface area contributed by atoms with Gasteiger partial charge in [0.15, 0.2) is 0 Å². The number of halogens is 1. The molecule has 0 aliphatic carbocycles. The molecule has 10 heavy (non-hydrogen) atoms. The average molecular weight is 213 g/mol. The van der Waals surface area contributed by atoms with Crippen LogP contribution in [0.2, 0.25) is 0 Å². The van der Waals surface area contributed by atoms with Gasteiger partial charge in [-0.15, -0.1) is 5.10 Å². The molecule has 0 fully saturated rings. The fraction of sp³-hybridized carbons (Fsp3) is 0.667. The molecule has 0 aliphatic heterocycles. The Kier molecular flexibility index (Phi) is 0.483. The Morgan fingerprint density at radius 3 is 2.80 bits per heavy atom. The van der Waals surface area contributed by atoms with Gasteiger partial charge in [0, 0.05) is 12.3 Å². The highest BCUT2D eigenvalue weighted by Gasteiger charge is 2.13. The van der Waals surface area contributed by atoms with Gasteiger partial charge in [-0.25, -0.2) is 4.68 Å². The Balaban J connectivity index is 3.75. The van der Waals surface area contributed by atoms with Gasteiger partial charge in [0.2, 0.25) is 0 Å². The second-order valence-electron chi connectivity index (χ2n) is 1.70. The summed E-state index contributed by atoms with van der Waals surface area (Å²) >= 11 is 2.88. The molecule has 1 aromatic heterocycles. The lowest BCUT2D eigenvalue weighted by atomic mass is 10.1. The van der Waals surface area contributed by atoms with E-state index in [2.05, 4.69) is 26.2 Å². The van der Waals surface area contributed by atoms with E-state index in [1.807, 2.05) is 0 Å². The topological polar surface area (TPSA) is 30.7 Å². The van der Waals surface area contributed by atoms with Crippen molar-refractivity contribution in [3.05, 3.63) is 10.8 Å². The quantitative estimate of drug-likeness (QED) is 0.657. The normalized spacial score (nSPS) is 29.1. The predicted octanol–water partition coefficient (Wildman–Crippen LogP) is 1.80. The minimum absolute atomic E-state index is 0.0367. The van der Waals surface area contributed by atoms with Gasteiger partial charge in [-0.2, -0.15) is 0 Å². The molecule has 1 rings (SSSR count). The van der Waals surface area contributed by atoms with E-state index in [9.17, 15) is 0 Å². The van der Waals surface area contributed by atoms with Crippen LogP contribution in [0.3, 0.4) is 0 Å². The summed E-state index contributed by atoms with van der Waals surface area (Å²) < 4.78 is 67.1. The van der Waals surface area contributed by atoms with Crippen LogP contribution in [0.5, 0.6) is 0 Å². The average Bonchev–Trinajstić information content (AvgIpc) is 2.43. The van der Waals surface area contributed by atoms with E-state index in [0.717, 1.165) is 6.20 Å². The maximum atomic E-state index is 7.40. The zero-order valence-electron chi connectivity index (χ0n) is 13.8. The van der Waals surface area contributed by atoms with Crippen LogP contribution < -0.4 is 0 Å². The molecule has 56 valence electrons. The molecule has 0 aromatic carbocycles. The predicted molar refractivity (Wildman–Crippen MR) is 42.7 cm³/mol. The molecule has 0 unspecified atom stereocenters. The van der Waals surface area contributed by atoms with Gasteiger partial charge in [-0.3, -0.25) is 0 Å². The van der Waals surface area contributed by atoms with E-state index in [4.69, 9.17) is 12.3 Å². The summed E-state index contributed by atoms with van der Waals surface area (Å²) in [5.41, 5.74) is -3.16. The van der Waals surface area contributed by atoms with Crippen LogP contribution in [0.15, 0.2) is 10.8 Å². The fourth-order valence-corrected chi connectivity index (χ4v) is 0.672. The van der Waals surface area contributed by atoms with Crippen LogP contribution in [0.25, 0.3) is 0 Å². The Labute approximate surface area is 81.2 Å². The molecule has 1 heterocycles. The molecular formula is C6H10BrN3. The molecule has 0 radical (unpaired) electrons. The summed E-state index contributed by atoms with van der Waals surface area (Å²) in [5.74, 6) is 0. The third-order valence-corrected chi connectivity index (χ3v) is 1.17. The second-order valence-corrected chi connectivity index (χ2v) is 2.51. The highest BCUT2D eigenvalue weighted by atomic mass is 79.9. The van der Waals surface area contributed by atoms with E-state index < -0.39 is 26.1 Å². The van der Waals surface area contributed by atoms with Crippen LogP contribution >= 0.6 is 15.9 Å². The van der Waals surface area contributed by atoms with Crippen molar-refractivity contribution >= 4 is 15.9 Å². The molecule has 1 aromatic rings. The summed E-state index contributed by atoms with van der Waals surface area (Å²) in [6.07, 6.45) is 0.922. The number of hydrogen-bond acceptors (Lipinski definition) is 2. The smallest absolute Gasteiger partial charge is 0.148 e. The van der Waals surface area contributed by atoms with Crippen molar-refractivity contribution in [2.45, 2.75) is 26.1 Å². The first-order chi connectivity index (χ1) is 8.25. The first kappa shape index (κ1) is 2.06. The van der Waals surface area contributed by atoms with E-state index in [1.165, 1.54) is 0 Å². The largest absolute Gasteiger partial charge is 0.246 e. The summed E-state index contributed by atoms with van der Waals surface area (Å²) in [7, 11) is 0. The Bertz CT molecular complexity index is 420. The number of nitrogens with zero attached hydrogens (tertiary/aromatic N) is 3. The molecule has 3 nitrogen and oxygen atoms in total. The van der Waals surface area contributed by atoms with Crippen LogP contribution in [0.4, 0.5) is 0 Å². The van der Waals surface area contributed by atoms with Gasteiger partial charge in [-0.1, -0.05) is 5.21 Å². The lowest BCUT2D eigenvalue weighted by Crippen LogP contribution is -2.22. The first-order valence-corrected chi connectivity index (χ1v) is 3.13. The van der Waals surface area contributed by atoms with E-state index in [0.29, 0.717) is 4.68 Å². The van der Waals surface area contributed by atoms with Crippen molar-refractivity contribution < 1.29 is 12.3 Å². The lowest BCUT2D eigenvalue weighted by molar-refractivity contribution is 0.347. The third kappa shape index (κ3) is 1.56. The Morgan fingerprint density at radius 2 is 2.40 bits per heavy atom. The van der Waals surface area contributed by atoms with Crippen LogP contribution in [0.1, 0.15) is 32.9 Å².